The summed E-state index contributed by atoms with van der Waals surface area (Å²) in [4.78, 5) is 15.9. The maximum absolute atomic E-state index is 12.9. The molecule has 2 aliphatic rings. The highest BCUT2D eigenvalue weighted by molar-refractivity contribution is 5.83. The summed E-state index contributed by atoms with van der Waals surface area (Å²) in [5.41, 5.74) is -1.71. The zero-order valence-electron chi connectivity index (χ0n) is 13.5. The Balaban J connectivity index is 1.58. The number of pyridine rings is 1. The predicted molar refractivity (Wildman–Crippen MR) is 80.3 cm³/mol. The van der Waals surface area contributed by atoms with Crippen LogP contribution in [0.5, 0.6) is 5.88 Å². The maximum Gasteiger partial charge on any atom is 0.421 e. The van der Waals surface area contributed by atoms with Crippen LogP contribution in [0.4, 0.5) is 13.2 Å². The molecule has 2 heterocycles. The van der Waals surface area contributed by atoms with Gasteiger partial charge in [0, 0.05) is 12.1 Å². The van der Waals surface area contributed by atoms with Crippen LogP contribution in [0, 0.1) is 17.8 Å². The van der Waals surface area contributed by atoms with Crippen LogP contribution in [0.15, 0.2) is 18.3 Å². The molecule has 2 N–H and O–H groups in total. The van der Waals surface area contributed by atoms with Crippen molar-refractivity contribution in [3.63, 3.8) is 0 Å². The summed E-state index contributed by atoms with van der Waals surface area (Å²) in [5.74, 6) is 0.242. The molecule has 2 atom stereocenters. The van der Waals surface area contributed by atoms with Crippen molar-refractivity contribution >= 4 is 5.91 Å². The normalized spacial score (nSPS) is 26.0. The molecule has 5 nitrogen and oxygen atoms in total. The van der Waals surface area contributed by atoms with Crippen molar-refractivity contribution in [2.45, 2.75) is 25.6 Å². The lowest BCUT2D eigenvalue weighted by atomic mass is 10.1. The Labute approximate surface area is 138 Å². The number of hydrogen-bond donors (Lipinski definition) is 2. The fourth-order valence-electron chi connectivity index (χ4n) is 3.23. The number of carbonyl (C=O) groups is 1. The van der Waals surface area contributed by atoms with Crippen LogP contribution >= 0.6 is 0 Å². The number of alkyl halides is 3. The van der Waals surface area contributed by atoms with E-state index in [-0.39, 0.29) is 18.4 Å². The Morgan fingerprint density at radius 1 is 1.38 bits per heavy atom. The molecule has 0 aromatic carbocycles. The van der Waals surface area contributed by atoms with Gasteiger partial charge in [-0.05, 0) is 50.9 Å². The van der Waals surface area contributed by atoms with Crippen LogP contribution in [-0.2, 0) is 11.0 Å². The van der Waals surface area contributed by atoms with Crippen molar-refractivity contribution in [2.75, 3.05) is 19.7 Å². The molecule has 1 aliphatic heterocycles. The summed E-state index contributed by atoms with van der Waals surface area (Å²) in [5, 5.41) is 6.09. The van der Waals surface area contributed by atoms with Crippen molar-refractivity contribution in [3.05, 3.63) is 23.9 Å². The summed E-state index contributed by atoms with van der Waals surface area (Å²) in [6, 6.07) is 2.13. The van der Waals surface area contributed by atoms with Gasteiger partial charge in [0.15, 0.2) is 0 Å². The highest BCUT2D eigenvalue weighted by Crippen LogP contribution is 2.48. The molecule has 1 saturated heterocycles. The van der Waals surface area contributed by atoms with Crippen LogP contribution in [0.3, 0.4) is 0 Å². The van der Waals surface area contributed by atoms with Gasteiger partial charge in [-0.25, -0.2) is 4.98 Å². The monoisotopic (exact) mass is 343 g/mol. The third-order valence-corrected chi connectivity index (χ3v) is 4.50. The Morgan fingerprint density at radius 2 is 2.04 bits per heavy atom. The number of ether oxygens (including phenoxy) is 1. The van der Waals surface area contributed by atoms with Gasteiger partial charge < -0.3 is 15.4 Å². The van der Waals surface area contributed by atoms with Crippen LogP contribution < -0.4 is 15.4 Å². The summed E-state index contributed by atoms with van der Waals surface area (Å²) >= 11 is 0. The van der Waals surface area contributed by atoms with Gasteiger partial charge in [0.1, 0.15) is 12.2 Å². The number of halogens is 3. The van der Waals surface area contributed by atoms with Crippen molar-refractivity contribution in [1.82, 2.24) is 15.6 Å². The average Bonchev–Trinajstić information content (AvgIpc) is 2.98. The number of nitrogens with one attached hydrogen (secondary N) is 2. The van der Waals surface area contributed by atoms with Crippen LogP contribution in [0.2, 0.25) is 0 Å². The van der Waals surface area contributed by atoms with Gasteiger partial charge in [-0.2, -0.15) is 13.2 Å². The molecule has 1 aliphatic carbocycles. The van der Waals surface area contributed by atoms with E-state index in [4.69, 9.17) is 4.74 Å². The molecule has 1 aromatic rings. The van der Waals surface area contributed by atoms with Gasteiger partial charge in [0.25, 0.3) is 0 Å². The third-order valence-electron chi connectivity index (χ3n) is 4.50. The molecule has 132 valence electrons. The Hall–Kier alpha value is -1.83. The number of amides is 1. The quantitative estimate of drug-likeness (QED) is 0.856. The van der Waals surface area contributed by atoms with Crippen LogP contribution in [-0.4, -0.2) is 36.1 Å². The molecular weight excluding hydrogens is 323 g/mol. The van der Waals surface area contributed by atoms with Gasteiger partial charge in [-0.3, -0.25) is 4.79 Å². The molecule has 8 heteroatoms. The first kappa shape index (κ1) is 17.0. The molecule has 0 radical (unpaired) electrons. The molecule has 1 saturated carbocycles. The largest absolute Gasteiger partial charge is 0.475 e. The molecule has 2 fully saturated rings. The number of aromatic nitrogens is 1. The lowest BCUT2D eigenvalue weighted by Gasteiger charge is -2.27. The number of piperidine rings is 1. The summed E-state index contributed by atoms with van der Waals surface area (Å²) in [7, 11) is 0. The molecule has 0 spiro atoms. The Kier molecular flexibility index (Phi) is 4.19. The van der Waals surface area contributed by atoms with Gasteiger partial charge >= 0.3 is 6.18 Å². The lowest BCUT2D eigenvalue weighted by Crippen LogP contribution is -2.49. The topological polar surface area (TPSA) is 63.2 Å². The molecule has 1 amide bonds. The zero-order valence-corrected chi connectivity index (χ0v) is 13.5. The minimum absolute atomic E-state index is 0.00566. The van der Waals surface area contributed by atoms with Crippen LogP contribution in [0.25, 0.3) is 0 Å². The van der Waals surface area contributed by atoms with E-state index in [2.05, 4.69) is 15.6 Å². The Morgan fingerprint density at radius 3 is 2.67 bits per heavy atom. The molecule has 0 bridgehead atoms. The highest BCUT2D eigenvalue weighted by atomic mass is 19.4. The van der Waals surface area contributed by atoms with E-state index in [0.29, 0.717) is 11.8 Å². The van der Waals surface area contributed by atoms with Gasteiger partial charge in [0.2, 0.25) is 11.8 Å². The van der Waals surface area contributed by atoms with E-state index in [0.717, 1.165) is 19.2 Å². The SMILES string of the molecule is CC(C)(COc1ncccc1C(F)(F)F)NC(=O)C1C2CNCC21. The van der Waals surface area contributed by atoms with E-state index >= 15 is 0 Å². The van der Waals surface area contributed by atoms with Gasteiger partial charge in [-0.15, -0.1) is 0 Å². The van der Waals surface area contributed by atoms with Crippen LogP contribution in [0.1, 0.15) is 19.4 Å². The first-order valence-electron chi connectivity index (χ1n) is 7.87. The zero-order chi connectivity index (χ0) is 17.5. The second-order valence-electron chi connectivity index (χ2n) is 7.03. The number of fused-ring (bicyclic) bond motifs is 1. The highest BCUT2D eigenvalue weighted by Gasteiger charge is 2.57. The van der Waals surface area contributed by atoms with E-state index in [1.54, 1.807) is 13.8 Å². The summed E-state index contributed by atoms with van der Waals surface area (Å²) in [6.45, 7) is 5.04. The molecular formula is C16H20F3N3O2. The van der Waals surface area contributed by atoms with Crippen molar-refractivity contribution < 1.29 is 22.7 Å². The summed E-state index contributed by atoms with van der Waals surface area (Å²) in [6.07, 6.45) is -3.29. The second-order valence-corrected chi connectivity index (χ2v) is 7.03. The number of carbonyl (C=O) groups excluding carboxylic acids is 1. The minimum atomic E-state index is -4.53. The fourth-order valence-corrected chi connectivity index (χ4v) is 3.23. The second kappa shape index (κ2) is 5.91. The van der Waals surface area contributed by atoms with Crippen molar-refractivity contribution in [2.24, 2.45) is 17.8 Å². The van der Waals surface area contributed by atoms with E-state index in [9.17, 15) is 18.0 Å². The minimum Gasteiger partial charge on any atom is -0.475 e. The number of nitrogens with zero attached hydrogens (tertiary/aromatic N) is 1. The fraction of sp³-hybridized carbons (Fsp3) is 0.625. The first-order chi connectivity index (χ1) is 11.2. The van der Waals surface area contributed by atoms with E-state index in [1.165, 1.54) is 12.3 Å². The van der Waals surface area contributed by atoms with E-state index < -0.39 is 23.2 Å². The average molecular weight is 343 g/mol. The lowest BCUT2D eigenvalue weighted by molar-refractivity contribution is -0.139. The van der Waals surface area contributed by atoms with E-state index in [1.807, 2.05) is 0 Å². The Bertz CT molecular complexity index is 623. The predicted octanol–water partition coefficient (Wildman–Crippen LogP) is 1.84. The van der Waals surface area contributed by atoms with Crippen molar-refractivity contribution in [3.8, 4) is 5.88 Å². The third kappa shape index (κ3) is 3.48. The number of rotatable bonds is 5. The number of hydrogen-bond acceptors (Lipinski definition) is 4. The standard InChI is InChI=1S/C16H20F3N3O2/c1-15(2,22-13(23)12-9-6-20-7-10(9)12)8-24-14-11(16(17,18)19)4-3-5-21-14/h3-5,9-10,12,20H,6-8H2,1-2H3,(H,22,23). The first-order valence-corrected chi connectivity index (χ1v) is 7.87. The van der Waals surface area contributed by atoms with Gasteiger partial charge in [0.05, 0.1) is 5.54 Å². The van der Waals surface area contributed by atoms with Gasteiger partial charge in [-0.1, -0.05) is 0 Å². The van der Waals surface area contributed by atoms with Crippen molar-refractivity contribution in [1.29, 1.82) is 0 Å². The molecule has 3 rings (SSSR count). The summed E-state index contributed by atoms with van der Waals surface area (Å²) < 4.78 is 44.1. The maximum atomic E-state index is 12.9. The molecule has 1 aromatic heterocycles. The molecule has 2 unspecified atom stereocenters. The molecule has 24 heavy (non-hydrogen) atoms. The smallest absolute Gasteiger partial charge is 0.421 e.